The average Bonchev–Trinajstić information content (AvgIpc) is 2.60. The molecule has 17 heavy (non-hydrogen) atoms. The van der Waals surface area contributed by atoms with Crippen molar-refractivity contribution in [1.29, 1.82) is 0 Å². The van der Waals surface area contributed by atoms with E-state index in [1.807, 2.05) is 11.0 Å². The smallest absolute Gasteiger partial charge is 0.238 e. The highest BCUT2D eigenvalue weighted by molar-refractivity contribution is 5.81. The van der Waals surface area contributed by atoms with Gasteiger partial charge in [0.1, 0.15) is 12.0 Å². The SMILES string of the molecule is O=C1CNC(c2ccccc2F)N1C1CCC1. The van der Waals surface area contributed by atoms with Crippen LogP contribution in [0.4, 0.5) is 4.39 Å². The summed E-state index contributed by atoms with van der Waals surface area (Å²) in [4.78, 5) is 13.7. The zero-order valence-electron chi connectivity index (χ0n) is 9.53. The fraction of sp³-hybridized carbons (Fsp3) is 0.462. The Kier molecular flexibility index (Phi) is 2.59. The van der Waals surface area contributed by atoms with E-state index in [1.165, 1.54) is 12.5 Å². The molecule has 2 fully saturated rings. The topological polar surface area (TPSA) is 32.3 Å². The Hall–Kier alpha value is -1.42. The Balaban J connectivity index is 1.91. The summed E-state index contributed by atoms with van der Waals surface area (Å²) < 4.78 is 13.7. The second-order valence-electron chi connectivity index (χ2n) is 4.69. The van der Waals surface area contributed by atoms with Gasteiger partial charge >= 0.3 is 0 Å². The lowest BCUT2D eigenvalue weighted by molar-refractivity contribution is -0.132. The van der Waals surface area contributed by atoms with Crippen LogP contribution in [0.15, 0.2) is 24.3 Å². The highest BCUT2D eigenvalue weighted by Crippen LogP contribution is 2.34. The normalized spacial score (nSPS) is 25.1. The maximum Gasteiger partial charge on any atom is 0.238 e. The van der Waals surface area contributed by atoms with Crippen LogP contribution in [0.3, 0.4) is 0 Å². The third kappa shape index (κ3) is 1.72. The summed E-state index contributed by atoms with van der Waals surface area (Å²) in [5, 5.41) is 3.10. The van der Waals surface area contributed by atoms with Gasteiger partial charge in [-0.15, -0.1) is 0 Å². The van der Waals surface area contributed by atoms with Crippen molar-refractivity contribution in [2.75, 3.05) is 6.54 Å². The van der Waals surface area contributed by atoms with Gasteiger partial charge < -0.3 is 4.90 Å². The van der Waals surface area contributed by atoms with Gasteiger partial charge in [-0.1, -0.05) is 18.2 Å². The number of carbonyl (C=O) groups excluding carboxylic acids is 1. The molecule has 1 aromatic carbocycles. The lowest BCUT2D eigenvalue weighted by Gasteiger charge is -2.38. The first-order valence-corrected chi connectivity index (χ1v) is 6.06. The van der Waals surface area contributed by atoms with Crippen LogP contribution in [0.25, 0.3) is 0 Å². The van der Waals surface area contributed by atoms with Crippen molar-refractivity contribution in [1.82, 2.24) is 10.2 Å². The van der Waals surface area contributed by atoms with E-state index in [4.69, 9.17) is 0 Å². The Bertz CT molecular complexity index is 445. The average molecular weight is 234 g/mol. The van der Waals surface area contributed by atoms with Crippen molar-refractivity contribution >= 4 is 5.91 Å². The van der Waals surface area contributed by atoms with Crippen LogP contribution in [-0.2, 0) is 4.79 Å². The summed E-state index contributed by atoms with van der Waals surface area (Å²) in [5.74, 6) is -0.160. The number of carbonyl (C=O) groups is 1. The minimum Gasteiger partial charge on any atom is -0.319 e. The summed E-state index contributed by atoms with van der Waals surface area (Å²) in [7, 11) is 0. The molecule has 1 heterocycles. The van der Waals surface area contributed by atoms with E-state index in [1.54, 1.807) is 12.1 Å². The van der Waals surface area contributed by atoms with E-state index in [-0.39, 0.29) is 17.9 Å². The lowest BCUT2D eigenvalue weighted by atomic mass is 9.90. The third-order valence-corrected chi connectivity index (χ3v) is 3.68. The van der Waals surface area contributed by atoms with Crippen LogP contribution in [0.5, 0.6) is 0 Å². The molecule has 1 amide bonds. The monoisotopic (exact) mass is 234 g/mol. The predicted molar refractivity (Wildman–Crippen MR) is 61.6 cm³/mol. The number of hydrogen-bond acceptors (Lipinski definition) is 2. The van der Waals surface area contributed by atoms with E-state index in [2.05, 4.69) is 5.32 Å². The molecule has 2 aliphatic rings. The minimum absolute atomic E-state index is 0.0861. The maximum atomic E-state index is 13.7. The van der Waals surface area contributed by atoms with Crippen molar-refractivity contribution in [2.24, 2.45) is 0 Å². The van der Waals surface area contributed by atoms with Crippen LogP contribution >= 0.6 is 0 Å². The van der Waals surface area contributed by atoms with Crippen molar-refractivity contribution in [2.45, 2.75) is 31.5 Å². The number of halogens is 1. The number of amides is 1. The molecule has 3 rings (SSSR count). The fourth-order valence-corrected chi connectivity index (χ4v) is 2.55. The van der Waals surface area contributed by atoms with Gasteiger partial charge in [0.25, 0.3) is 0 Å². The number of hydrogen-bond donors (Lipinski definition) is 1. The summed E-state index contributed by atoms with van der Waals surface area (Å²) in [6, 6.07) is 6.96. The van der Waals surface area contributed by atoms with Gasteiger partial charge in [0.15, 0.2) is 0 Å². The van der Waals surface area contributed by atoms with Crippen LogP contribution < -0.4 is 5.32 Å². The molecule has 1 atom stereocenters. The van der Waals surface area contributed by atoms with Crippen LogP contribution in [0.2, 0.25) is 0 Å². The van der Waals surface area contributed by atoms with Crippen molar-refractivity contribution in [3.8, 4) is 0 Å². The molecule has 1 aliphatic carbocycles. The Morgan fingerprint density at radius 1 is 1.29 bits per heavy atom. The molecule has 3 nitrogen and oxygen atoms in total. The molecule has 1 N–H and O–H groups in total. The summed E-state index contributed by atoms with van der Waals surface area (Å²) in [5.41, 5.74) is 0.574. The molecule has 90 valence electrons. The highest BCUT2D eigenvalue weighted by atomic mass is 19.1. The molecule has 0 spiro atoms. The van der Waals surface area contributed by atoms with E-state index >= 15 is 0 Å². The van der Waals surface area contributed by atoms with Crippen molar-refractivity contribution < 1.29 is 9.18 Å². The molecular formula is C13H15FN2O. The Morgan fingerprint density at radius 3 is 2.71 bits per heavy atom. The predicted octanol–water partition coefficient (Wildman–Crippen LogP) is 1.81. The Morgan fingerprint density at radius 2 is 2.06 bits per heavy atom. The quantitative estimate of drug-likeness (QED) is 0.846. The third-order valence-electron chi connectivity index (χ3n) is 3.68. The molecule has 1 aliphatic heterocycles. The zero-order chi connectivity index (χ0) is 11.8. The second-order valence-corrected chi connectivity index (χ2v) is 4.69. The van der Waals surface area contributed by atoms with Gasteiger partial charge in [-0.25, -0.2) is 4.39 Å². The minimum atomic E-state index is -0.283. The van der Waals surface area contributed by atoms with Gasteiger partial charge in [-0.05, 0) is 25.3 Å². The van der Waals surface area contributed by atoms with Gasteiger partial charge in [0.05, 0.1) is 6.54 Å². The van der Waals surface area contributed by atoms with Crippen LogP contribution in [0, 0.1) is 5.82 Å². The first-order chi connectivity index (χ1) is 8.27. The van der Waals surface area contributed by atoms with E-state index in [9.17, 15) is 9.18 Å². The van der Waals surface area contributed by atoms with E-state index < -0.39 is 0 Å². The van der Waals surface area contributed by atoms with Gasteiger partial charge in [0, 0.05) is 11.6 Å². The molecular weight excluding hydrogens is 219 g/mol. The lowest BCUT2D eigenvalue weighted by Crippen LogP contribution is -2.43. The van der Waals surface area contributed by atoms with Gasteiger partial charge in [-0.2, -0.15) is 0 Å². The summed E-state index contributed by atoms with van der Waals surface area (Å²) in [6.45, 7) is 0.315. The molecule has 0 bridgehead atoms. The largest absolute Gasteiger partial charge is 0.319 e. The number of rotatable bonds is 2. The second kappa shape index (κ2) is 4.11. The van der Waals surface area contributed by atoms with Crippen LogP contribution in [-0.4, -0.2) is 23.4 Å². The molecule has 1 saturated heterocycles. The van der Waals surface area contributed by atoms with Crippen LogP contribution in [0.1, 0.15) is 31.0 Å². The highest BCUT2D eigenvalue weighted by Gasteiger charge is 2.39. The summed E-state index contributed by atoms with van der Waals surface area (Å²) >= 11 is 0. The number of nitrogens with zero attached hydrogens (tertiary/aromatic N) is 1. The Labute approximate surface area is 99.6 Å². The maximum absolute atomic E-state index is 13.7. The summed E-state index contributed by atoms with van der Waals surface area (Å²) in [6.07, 6.45) is 2.96. The molecule has 1 aromatic rings. The van der Waals surface area contributed by atoms with Crippen molar-refractivity contribution in [3.63, 3.8) is 0 Å². The standard InChI is InChI=1S/C13H15FN2O/c14-11-7-2-1-6-10(11)13-15-8-12(17)16(13)9-4-3-5-9/h1-2,6-7,9,13,15H,3-5,8H2. The molecule has 1 saturated carbocycles. The molecule has 4 heteroatoms. The molecule has 1 unspecified atom stereocenters. The van der Waals surface area contributed by atoms with Crippen molar-refractivity contribution in [3.05, 3.63) is 35.6 Å². The fourth-order valence-electron chi connectivity index (χ4n) is 2.55. The zero-order valence-corrected chi connectivity index (χ0v) is 9.53. The molecule has 0 radical (unpaired) electrons. The first-order valence-electron chi connectivity index (χ1n) is 6.06. The molecule has 0 aromatic heterocycles. The van der Waals surface area contributed by atoms with E-state index in [0.29, 0.717) is 18.2 Å². The van der Waals surface area contributed by atoms with Gasteiger partial charge in [0.2, 0.25) is 5.91 Å². The number of nitrogens with one attached hydrogen (secondary N) is 1. The number of benzene rings is 1. The van der Waals surface area contributed by atoms with E-state index in [0.717, 1.165) is 12.8 Å². The van der Waals surface area contributed by atoms with Gasteiger partial charge in [-0.3, -0.25) is 10.1 Å². The first kappa shape index (κ1) is 10.7.